The molecule has 0 fully saturated rings. The Kier molecular flexibility index (Phi) is 3.66. The van der Waals surface area contributed by atoms with Crippen molar-refractivity contribution in [2.75, 3.05) is 0 Å². The summed E-state index contributed by atoms with van der Waals surface area (Å²) in [6.45, 7) is 1.79. The second-order valence-corrected chi connectivity index (χ2v) is 5.61. The van der Waals surface area contributed by atoms with Gasteiger partial charge in [0.05, 0.1) is 5.56 Å². The van der Waals surface area contributed by atoms with Crippen molar-refractivity contribution in [3.05, 3.63) is 33.0 Å². The van der Waals surface area contributed by atoms with Gasteiger partial charge in [-0.05, 0) is 41.1 Å². The van der Waals surface area contributed by atoms with Gasteiger partial charge in [-0.3, -0.25) is 0 Å². The second-order valence-electron chi connectivity index (χ2n) is 3.19. The van der Waals surface area contributed by atoms with Crippen LogP contribution in [0.2, 0.25) is 0 Å². The van der Waals surface area contributed by atoms with Crippen molar-refractivity contribution in [2.45, 2.75) is 12.3 Å². The molecule has 0 bridgehead atoms. The molecule has 0 radical (unpaired) electrons. The molecule has 6 heteroatoms. The average molecular weight is 366 g/mol. The van der Waals surface area contributed by atoms with E-state index in [9.17, 15) is 0 Å². The molecule has 2 rings (SSSR count). The van der Waals surface area contributed by atoms with Crippen LogP contribution in [0.25, 0.3) is 11.5 Å². The van der Waals surface area contributed by atoms with Gasteiger partial charge in [-0.15, -0.1) is 21.8 Å². The number of benzene rings is 1. The summed E-state index contributed by atoms with van der Waals surface area (Å²) in [7, 11) is 0. The first-order valence-corrected chi connectivity index (χ1v) is 6.53. The standard InChI is InChI=1S/C10H7Br2ClN2O/c1-5(13)9-14-15-10(16-9)7-3-2-6(11)4-8(7)12/h2-5H,1H3. The van der Waals surface area contributed by atoms with Gasteiger partial charge in [0.25, 0.3) is 0 Å². The first kappa shape index (κ1) is 12.1. The largest absolute Gasteiger partial charge is 0.419 e. The van der Waals surface area contributed by atoms with E-state index in [2.05, 4.69) is 42.1 Å². The SMILES string of the molecule is CC(Cl)c1nnc(-c2ccc(Br)cc2Br)o1. The highest BCUT2D eigenvalue weighted by atomic mass is 79.9. The highest BCUT2D eigenvalue weighted by Crippen LogP contribution is 2.31. The van der Waals surface area contributed by atoms with Crippen LogP contribution >= 0.6 is 43.5 Å². The van der Waals surface area contributed by atoms with Crippen LogP contribution in [0.3, 0.4) is 0 Å². The fourth-order valence-corrected chi connectivity index (χ4v) is 2.47. The van der Waals surface area contributed by atoms with Crippen molar-refractivity contribution >= 4 is 43.5 Å². The molecular weight excluding hydrogens is 359 g/mol. The molecule has 1 atom stereocenters. The zero-order valence-corrected chi connectivity index (χ0v) is 12.2. The van der Waals surface area contributed by atoms with E-state index in [1.165, 1.54) is 0 Å². The molecule has 2 aromatic rings. The van der Waals surface area contributed by atoms with Crippen LogP contribution in [0.1, 0.15) is 18.2 Å². The zero-order valence-electron chi connectivity index (χ0n) is 8.25. The molecule has 16 heavy (non-hydrogen) atoms. The molecule has 3 nitrogen and oxygen atoms in total. The summed E-state index contributed by atoms with van der Waals surface area (Å²) < 4.78 is 7.32. The molecule has 0 saturated heterocycles. The van der Waals surface area contributed by atoms with E-state index in [1.807, 2.05) is 18.2 Å². The Morgan fingerprint density at radius 2 is 2.06 bits per heavy atom. The Labute approximate surface area is 114 Å². The molecule has 1 unspecified atom stereocenters. The van der Waals surface area contributed by atoms with Gasteiger partial charge < -0.3 is 4.42 Å². The molecule has 0 aliphatic carbocycles. The highest BCUT2D eigenvalue weighted by molar-refractivity contribution is 9.11. The lowest BCUT2D eigenvalue weighted by atomic mass is 10.2. The van der Waals surface area contributed by atoms with Crippen LogP contribution in [0, 0.1) is 0 Å². The monoisotopic (exact) mass is 364 g/mol. The number of aromatic nitrogens is 2. The Hall–Kier alpha value is -0.390. The quantitative estimate of drug-likeness (QED) is 0.732. The van der Waals surface area contributed by atoms with Gasteiger partial charge >= 0.3 is 0 Å². The van der Waals surface area contributed by atoms with Gasteiger partial charge in [-0.25, -0.2) is 0 Å². The maximum atomic E-state index is 5.85. The summed E-state index contributed by atoms with van der Waals surface area (Å²) in [5.74, 6) is 0.883. The number of rotatable bonds is 2. The van der Waals surface area contributed by atoms with E-state index in [0.29, 0.717) is 11.8 Å². The second kappa shape index (κ2) is 4.85. The predicted molar refractivity (Wildman–Crippen MR) is 69.4 cm³/mol. The molecule has 0 aliphatic heterocycles. The fraction of sp³-hybridized carbons (Fsp3) is 0.200. The first-order chi connectivity index (χ1) is 7.58. The summed E-state index contributed by atoms with van der Waals surface area (Å²) in [4.78, 5) is 0. The maximum Gasteiger partial charge on any atom is 0.248 e. The molecule has 1 aromatic heterocycles. The number of alkyl halides is 1. The summed E-state index contributed by atoms with van der Waals surface area (Å²) in [5.41, 5.74) is 0.847. The third kappa shape index (κ3) is 2.47. The van der Waals surface area contributed by atoms with E-state index in [4.69, 9.17) is 16.0 Å². The van der Waals surface area contributed by atoms with E-state index in [-0.39, 0.29) is 5.38 Å². The smallest absolute Gasteiger partial charge is 0.248 e. The Morgan fingerprint density at radius 3 is 2.62 bits per heavy atom. The number of hydrogen-bond donors (Lipinski definition) is 0. The van der Waals surface area contributed by atoms with Crippen LogP contribution in [-0.4, -0.2) is 10.2 Å². The molecule has 0 aliphatic rings. The summed E-state index contributed by atoms with van der Waals surface area (Å²) >= 11 is 12.7. The minimum atomic E-state index is -0.282. The molecule has 84 valence electrons. The van der Waals surface area contributed by atoms with Gasteiger partial charge in [0.1, 0.15) is 5.38 Å². The molecule has 1 heterocycles. The van der Waals surface area contributed by atoms with Crippen molar-refractivity contribution < 1.29 is 4.42 Å². The normalized spacial score (nSPS) is 12.8. The Balaban J connectivity index is 2.42. The molecule has 0 N–H and O–H groups in total. The third-order valence-electron chi connectivity index (χ3n) is 1.94. The molecule has 0 amide bonds. The zero-order chi connectivity index (χ0) is 11.7. The van der Waals surface area contributed by atoms with Crippen molar-refractivity contribution in [1.82, 2.24) is 10.2 Å². The number of hydrogen-bond acceptors (Lipinski definition) is 3. The van der Waals surface area contributed by atoms with E-state index >= 15 is 0 Å². The van der Waals surface area contributed by atoms with Crippen molar-refractivity contribution in [1.29, 1.82) is 0 Å². The van der Waals surface area contributed by atoms with Crippen LogP contribution in [0.4, 0.5) is 0 Å². The van der Waals surface area contributed by atoms with E-state index in [1.54, 1.807) is 6.92 Å². The highest BCUT2D eigenvalue weighted by Gasteiger charge is 2.14. The van der Waals surface area contributed by atoms with E-state index < -0.39 is 0 Å². The summed E-state index contributed by atoms with van der Waals surface area (Å²) in [6, 6.07) is 5.72. The Morgan fingerprint density at radius 1 is 1.31 bits per heavy atom. The van der Waals surface area contributed by atoms with Crippen LogP contribution in [0.5, 0.6) is 0 Å². The van der Waals surface area contributed by atoms with Crippen LogP contribution in [0.15, 0.2) is 31.6 Å². The van der Waals surface area contributed by atoms with Gasteiger partial charge in [0, 0.05) is 8.95 Å². The number of halogens is 3. The lowest BCUT2D eigenvalue weighted by molar-refractivity contribution is 0.507. The van der Waals surface area contributed by atoms with Gasteiger partial charge in [-0.1, -0.05) is 15.9 Å². The third-order valence-corrected chi connectivity index (χ3v) is 3.28. The minimum absolute atomic E-state index is 0.282. The van der Waals surface area contributed by atoms with Gasteiger partial charge in [-0.2, -0.15) is 0 Å². The van der Waals surface area contributed by atoms with Crippen molar-refractivity contribution in [3.8, 4) is 11.5 Å². The summed E-state index contributed by atoms with van der Waals surface area (Å²) in [6.07, 6.45) is 0. The van der Waals surface area contributed by atoms with Gasteiger partial charge in [0.2, 0.25) is 11.8 Å². The van der Waals surface area contributed by atoms with Crippen LogP contribution < -0.4 is 0 Å². The van der Waals surface area contributed by atoms with Crippen molar-refractivity contribution in [3.63, 3.8) is 0 Å². The lowest BCUT2D eigenvalue weighted by Gasteiger charge is -1.99. The predicted octanol–water partition coefficient (Wildman–Crippen LogP) is 4.56. The summed E-state index contributed by atoms with van der Waals surface area (Å²) in [5, 5.41) is 7.54. The van der Waals surface area contributed by atoms with Crippen molar-refractivity contribution in [2.24, 2.45) is 0 Å². The topological polar surface area (TPSA) is 38.9 Å². The van der Waals surface area contributed by atoms with Crippen LogP contribution in [-0.2, 0) is 0 Å². The molecule has 0 spiro atoms. The number of nitrogens with zero attached hydrogens (tertiary/aromatic N) is 2. The molecule has 0 saturated carbocycles. The lowest BCUT2D eigenvalue weighted by Crippen LogP contribution is -1.81. The fourth-order valence-electron chi connectivity index (χ4n) is 1.17. The Bertz CT molecular complexity index is 513. The molecule has 1 aromatic carbocycles. The van der Waals surface area contributed by atoms with E-state index in [0.717, 1.165) is 14.5 Å². The minimum Gasteiger partial charge on any atom is -0.419 e. The maximum absolute atomic E-state index is 5.85. The first-order valence-electron chi connectivity index (χ1n) is 4.51. The molecular formula is C10H7Br2ClN2O. The van der Waals surface area contributed by atoms with Gasteiger partial charge in [0.15, 0.2) is 0 Å². The average Bonchev–Trinajstić information content (AvgIpc) is 2.66.